The topological polar surface area (TPSA) is 146 Å². The summed E-state index contributed by atoms with van der Waals surface area (Å²) in [5.41, 5.74) is 3.24. The number of fused-ring (bicyclic) bond motifs is 1. The van der Waals surface area contributed by atoms with E-state index < -0.39 is 13.7 Å². The fourth-order valence-electron chi connectivity index (χ4n) is 4.66. The highest BCUT2D eigenvalue weighted by Gasteiger charge is 2.44. The first-order chi connectivity index (χ1) is 21.1. The normalized spacial score (nSPS) is 16.0. The molecule has 0 saturated heterocycles. The zero-order chi connectivity index (χ0) is 33.2. The molecule has 1 amide bonds. The average molecular weight is 628 g/mol. The smallest absolute Gasteiger partial charge is 0.329 e. The Morgan fingerprint density at radius 3 is 2.64 bits per heavy atom. The van der Waals surface area contributed by atoms with E-state index in [0.29, 0.717) is 41.6 Å². The van der Waals surface area contributed by atoms with Crippen molar-refractivity contribution in [1.29, 1.82) is 5.26 Å². The van der Waals surface area contributed by atoms with E-state index in [1.807, 2.05) is 10.9 Å². The SMILES string of the molecule is Cc1ncc(Nc2nccc(-c3cc(C#N)c4c(c3)[C@@](C)(CO[Si](C)(C)C(C)(C)C)CN4[B]C=O)n2)c(OCC(=O)N(C)C)n1. The van der Waals surface area contributed by atoms with Gasteiger partial charge >= 0.3 is 7.41 Å². The molecular weight excluding hydrogens is 587 g/mol. The molecule has 1 aliphatic rings. The molecule has 0 saturated carbocycles. The van der Waals surface area contributed by atoms with E-state index >= 15 is 0 Å². The number of amides is 1. The van der Waals surface area contributed by atoms with Crippen molar-refractivity contribution in [3.05, 3.63) is 47.5 Å². The molecule has 4 rings (SSSR count). The maximum Gasteiger partial charge on any atom is 0.329 e. The molecule has 2 aromatic heterocycles. The molecule has 235 valence electrons. The summed E-state index contributed by atoms with van der Waals surface area (Å²) >= 11 is 0. The molecule has 1 aliphatic heterocycles. The first-order valence-corrected chi connectivity index (χ1v) is 17.5. The number of carbonyl (C=O) groups excluding carboxylic acids is 2. The van der Waals surface area contributed by atoms with Crippen LogP contribution in [0.25, 0.3) is 11.3 Å². The number of nitrogens with zero attached hydrogens (tertiary/aromatic N) is 7. The van der Waals surface area contributed by atoms with Gasteiger partial charge in [0.25, 0.3) is 5.91 Å². The highest BCUT2D eigenvalue weighted by atomic mass is 28.4. The third-order valence-corrected chi connectivity index (χ3v) is 12.9. The molecule has 0 unspecified atom stereocenters. The third kappa shape index (κ3) is 7.32. The van der Waals surface area contributed by atoms with E-state index in [-0.39, 0.29) is 29.4 Å². The summed E-state index contributed by atoms with van der Waals surface area (Å²) in [6.45, 7) is 15.6. The van der Waals surface area contributed by atoms with Crippen LogP contribution in [0.2, 0.25) is 18.1 Å². The van der Waals surface area contributed by atoms with Crippen LogP contribution in [-0.4, -0.2) is 86.5 Å². The molecule has 0 bridgehead atoms. The Balaban J connectivity index is 1.70. The predicted octanol–water partition coefficient (Wildman–Crippen LogP) is 4.23. The van der Waals surface area contributed by atoms with Gasteiger partial charge in [0, 0.05) is 50.1 Å². The largest absolute Gasteiger partial charge is 0.466 e. The molecule has 3 aromatic rings. The molecule has 0 aliphatic carbocycles. The van der Waals surface area contributed by atoms with Crippen molar-refractivity contribution in [3.8, 4) is 23.2 Å². The standard InChI is InChI=1S/C31H40BN8O4Si/c1-20-35-15-25(28(36-20)43-16-26(42)39(6)7)38-29-34-11-10-24(37-29)21-12-22(14-33)27-23(13-21)31(5,17-40(27)32-19-41)18-44-45(8,9)30(2,3)4/h10-13,15,19H,16-18H2,1-9H3,(H,34,37,38)/t31-/m1/s1. The van der Waals surface area contributed by atoms with Gasteiger partial charge in [-0.25, -0.2) is 15.0 Å². The zero-order valence-corrected chi connectivity index (χ0v) is 28.4. The van der Waals surface area contributed by atoms with Crippen LogP contribution >= 0.6 is 0 Å². The minimum Gasteiger partial charge on any atom is -0.466 e. The molecule has 3 heterocycles. The molecule has 14 heteroatoms. The Labute approximate surface area is 266 Å². The van der Waals surface area contributed by atoms with Crippen LogP contribution in [0.3, 0.4) is 0 Å². The summed E-state index contributed by atoms with van der Waals surface area (Å²) in [6.07, 6.45) is 3.90. The number of ether oxygens (including phenoxy) is 1. The number of rotatable bonds is 11. The van der Waals surface area contributed by atoms with Crippen molar-refractivity contribution >= 4 is 45.1 Å². The molecule has 45 heavy (non-hydrogen) atoms. The minimum atomic E-state index is -2.09. The monoisotopic (exact) mass is 627 g/mol. The second-order valence-electron chi connectivity index (χ2n) is 13.2. The number of nitriles is 1. The van der Waals surface area contributed by atoms with Crippen molar-refractivity contribution in [2.75, 3.05) is 44.0 Å². The number of anilines is 3. The maximum atomic E-state index is 12.1. The summed E-state index contributed by atoms with van der Waals surface area (Å²) in [4.78, 5) is 44.6. The van der Waals surface area contributed by atoms with Gasteiger partial charge in [-0.15, -0.1) is 0 Å². The molecule has 1 radical (unpaired) electrons. The first-order valence-electron chi connectivity index (χ1n) is 14.6. The second-order valence-corrected chi connectivity index (χ2v) is 18.0. The summed E-state index contributed by atoms with van der Waals surface area (Å²) in [5, 5.41) is 13.3. The lowest BCUT2D eigenvalue weighted by Gasteiger charge is -2.39. The van der Waals surface area contributed by atoms with Crippen LogP contribution in [0.5, 0.6) is 5.88 Å². The Hall–Kier alpha value is -4.35. The van der Waals surface area contributed by atoms with E-state index in [4.69, 9.17) is 14.1 Å². The van der Waals surface area contributed by atoms with E-state index in [9.17, 15) is 14.9 Å². The number of nitrogens with one attached hydrogen (secondary N) is 1. The molecule has 1 aromatic carbocycles. The third-order valence-electron chi connectivity index (χ3n) is 8.39. The Morgan fingerprint density at radius 2 is 2.00 bits per heavy atom. The second kappa shape index (κ2) is 12.9. The van der Waals surface area contributed by atoms with Gasteiger partial charge in [-0.2, -0.15) is 10.2 Å². The molecule has 0 fully saturated rings. The van der Waals surface area contributed by atoms with Crippen LogP contribution in [0.15, 0.2) is 30.6 Å². The minimum absolute atomic E-state index is 0.0265. The van der Waals surface area contributed by atoms with Crippen molar-refractivity contribution in [1.82, 2.24) is 24.8 Å². The number of aromatic nitrogens is 4. The lowest BCUT2D eigenvalue weighted by Crippen LogP contribution is -2.46. The number of benzene rings is 1. The quantitative estimate of drug-likeness (QED) is 0.241. The highest BCUT2D eigenvalue weighted by Crippen LogP contribution is 2.46. The van der Waals surface area contributed by atoms with Gasteiger partial charge in [0.15, 0.2) is 14.9 Å². The Morgan fingerprint density at radius 1 is 1.27 bits per heavy atom. The van der Waals surface area contributed by atoms with E-state index in [0.717, 1.165) is 17.3 Å². The molecular formula is C31H40BN8O4Si. The molecule has 0 spiro atoms. The van der Waals surface area contributed by atoms with Gasteiger partial charge in [-0.1, -0.05) is 27.7 Å². The fraction of sp³-hybridized carbons (Fsp3) is 0.452. The van der Waals surface area contributed by atoms with Crippen LogP contribution in [0.4, 0.5) is 17.3 Å². The van der Waals surface area contributed by atoms with Crippen LogP contribution < -0.4 is 14.9 Å². The lowest BCUT2D eigenvalue weighted by atomic mass is 9.83. The summed E-state index contributed by atoms with van der Waals surface area (Å²) in [6, 6.07) is 7.88. The first kappa shape index (κ1) is 33.5. The molecule has 12 nitrogen and oxygen atoms in total. The number of carbonyl (C=O) groups is 2. The van der Waals surface area contributed by atoms with Crippen molar-refractivity contribution in [2.24, 2.45) is 0 Å². The van der Waals surface area contributed by atoms with Gasteiger partial charge in [-0.05, 0) is 48.8 Å². The van der Waals surface area contributed by atoms with Crippen LogP contribution in [-0.2, 0) is 19.4 Å². The van der Waals surface area contributed by atoms with E-state index in [1.54, 1.807) is 45.5 Å². The van der Waals surface area contributed by atoms with E-state index in [1.165, 1.54) is 12.3 Å². The van der Waals surface area contributed by atoms with Gasteiger partial charge in [0.1, 0.15) is 23.8 Å². The average Bonchev–Trinajstić information content (AvgIpc) is 3.26. The summed E-state index contributed by atoms with van der Waals surface area (Å²) in [5.74, 6) is 0.709. The number of hydrogen-bond donors (Lipinski definition) is 1. The molecule has 1 N–H and O–H groups in total. The Bertz CT molecular complexity index is 1640. The van der Waals surface area contributed by atoms with Crippen molar-refractivity contribution in [3.63, 3.8) is 0 Å². The summed E-state index contributed by atoms with van der Waals surface area (Å²) < 4.78 is 12.4. The highest BCUT2D eigenvalue weighted by molar-refractivity contribution is 6.74. The van der Waals surface area contributed by atoms with Gasteiger partial charge in [0.05, 0.1) is 17.5 Å². The molecule has 1 atom stereocenters. The van der Waals surface area contributed by atoms with Crippen LogP contribution in [0.1, 0.15) is 44.6 Å². The van der Waals surface area contributed by atoms with Crippen molar-refractivity contribution < 1.29 is 18.8 Å². The van der Waals surface area contributed by atoms with E-state index in [2.05, 4.69) is 67.1 Å². The number of aryl methyl sites for hydroxylation is 1. The van der Waals surface area contributed by atoms with Gasteiger partial charge in [-0.3, -0.25) is 4.79 Å². The zero-order valence-electron chi connectivity index (χ0n) is 27.4. The maximum absolute atomic E-state index is 12.1. The van der Waals surface area contributed by atoms with Crippen LogP contribution in [0, 0.1) is 18.3 Å². The van der Waals surface area contributed by atoms with Crippen molar-refractivity contribution in [2.45, 2.75) is 58.2 Å². The Kier molecular flexibility index (Phi) is 9.65. The fourth-order valence-corrected chi connectivity index (χ4v) is 5.77. The van der Waals surface area contributed by atoms with Gasteiger partial charge in [0.2, 0.25) is 11.8 Å². The lowest BCUT2D eigenvalue weighted by molar-refractivity contribution is -0.130. The predicted molar refractivity (Wildman–Crippen MR) is 177 cm³/mol. The van der Waals surface area contributed by atoms with Gasteiger partial charge < -0.3 is 29.0 Å². The number of hydrogen-bond acceptors (Lipinski definition) is 11. The summed E-state index contributed by atoms with van der Waals surface area (Å²) in [7, 11) is 2.68. The number of likely N-dealkylation sites (N-methyl/N-ethyl adjacent to an activating group) is 1.